The minimum atomic E-state index is -1.05. The molecule has 1 spiro atoms. The molecule has 33 heavy (non-hydrogen) atoms. The average molecular weight is 448 g/mol. The van der Waals surface area contributed by atoms with E-state index in [9.17, 15) is 9.90 Å². The van der Waals surface area contributed by atoms with E-state index < -0.39 is 11.3 Å². The molecule has 0 radical (unpaired) electrons. The van der Waals surface area contributed by atoms with Crippen LogP contribution >= 0.6 is 0 Å². The van der Waals surface area contributed by atoms with E-state index >= 15 is 0 Å². The molecule has 4 heterocycles. The van der Waals surface area contributed by atoms with Gasteiger partial charge in [-0.25, -0.2) is 4.98 Å². The number of pyridine rings is 1. The molecule has 2 aliphatic rings. The molecule has 1 aromatic carbocycles. The molecule has 0 unspecified atom stereocenters. The van der Waals surface area contributed by atoms with Gasteiger partial charge in [0.25, 0.3) is 5.91 Å². The van der Waals surface area contributed by atoms with Gasteiger partial charge in [-0.1, -0.05) is 18.2 Å². The number of carbonyl (C=O) groups excluding carboxylic acids is 1. The number of aromatic nitrogens is 3. The topological polar surface area (TPSA) is 91.7 Å². The van der Waals surface area contributed by atoms with Crippen molar-refractivity contribution in [2.45, 2.75) is 51.5 Å². The number of hydrogen-bond acceptors (Lipinski definition) is 7. The average Bonchev–Trinajstić information content (AvgIpc) is 3.08. The van der Waals surface area contributed by atoms with Gasteiger partial charge in [0, 0.05) is 37.2 Å². The molecule has 172 valence electrons. The third-order valence-electron chi connectivity index (χ3n) is 6.64. The summed E-state index contributed by atoms with van der Waals surface area (Å²) in [5.74, 6) is 0.794. The van der Waals surface area contributed by atoms with Crippen LogP contribution in [0.3, 0.4) is 0 Å². The highest BCUT2D eigenvalue weighted by atomic mass is 16.5. The van der Waals surface area contributed by atoms with Crippen LogP contribution in [0, 0.1) is 6.92 Å². The van der Waals surface area contributed by atoms with Gasteiger partial charge in [-0.15, -0.1) is 0 Å². The Hall–Kier alpha value is -3.10. The lowest BCUT2D eigenvalue weighted by Gasteiger charge is -2.44. The predicted molar refractivity (Wildman–Crippen MR) is 124 cm³/mol. The van der Waals surface area contributed by atoms with Crippen LogP contribution < -0.4 is 4.90 Å². The summed E-state index contributed by atoms with van der Waals surface area (Å²) in [5, 5.41) is 10.6. The molecule has 8 heteroatoms. The molecule has 8 nitrogen and oxygen atoms in total. The Morgan fingerprint density at radius 3 is 2.55 bits per heavy atom. The molecule has 1 amide bonds. The molecule has 3 aromatic rings. The zero-order valence-corrected chi connectivity index (χ0v) is 19.3. The van der Waals surface area contributed by atoms with E-state index in [0.29, 0.717) is 38.2 Å². The van der Waals surface area contributed by atoms with Gasteiger partial charge < -0.3 is 19.6 Å². The quantitative estimate of drug-likeness (QED) is 0.657. The second kappa shape index (κ2) is 8.04. The first kappa shape index (κ1) is 21.7. The zero-order chi connectivity index (χ0) is 23.2. The van der Waals surface area contributed by atoms with Crippen molar-refractivity contribution < 1.29 is 14.6 Å². The molecular formula is C25H29N5O3. The molecule has 2 saturated heterocycles. The fourth-order valence-electron chi connectivity index (χ4n) is 4.85. The van der Waals surface area contributed by atoms with Crippen molar-refractivity contribution in [3.63, 3.8) is 0 Å². The van der Waals surface area contributed by atoms with Crippen molar-refractivity contribution in [3.8, 4) is 0 Å². The summed E-state index contributed by atoms with van der Waals surface area (Å²) >= 11 is 0. The molecule has 2 aromatic heterocycles. The van der Waals surface area contributed by atoms with Gasteiger partial charge in [0.1, 0.15) is 18.1 Å². The van der Waals surface area contributed by atoms with Crippen LogP contribution in [0.4, 0.5) is 5.82 Å². The Bertz CT molecular complexity index is 1200. The fraction of sp³-hybridized carbons (Fsp3) is 0.440. The lowest BCUT2D eigenvalue weighted by atomic mass is 9.94. The monoisotopic (exact) mass is 447 g/mol. The number of ether oxygens (including phenoxy) is 1. The molecule has 0 bridgehead atoms. The van der Waals surface area contributed by atoms with Crippen LogP contribution in [0.15, 0.2) is 42.6 Å². The Morgan fingerprint density at radius 2 is 1.82 bits per heavy atom. The number of amides is 1. The third-order valence-corrected chi connectivity index (χ3v) is 6.64. The van der Waals surface area contributed by atoms with Crippen LogP contribution in [-0.2, 0) is 21.7 Å². The molecule has 1 N–H and O–H groups in total. The van der Waals surface area contributed by atoms with Crippen LogP contribution in [-0.4, -0.2) is 56.3 Å². The molecule has 5 rings (SSSR count). The summed E-state index contributed by atoms with van der Waals surface area (Å²) < 4.78 is 6.11. The predicted octanol–water partition coefficient (Wildman–Crippen LogP) is 2.92. The number of benzene rings is 1. The number of aliphatic hydroxyl groups is 1. The van der Waals surface area contributed by atoms with Gasteiger partial charge in [-0.05, 0) is 39.0 Å². The maximum absolute atomic E-state index is 12.9. The number of para-hydroxylation sites is 2. The Balaban J connectivity index is 1.37. The Morgan fingerprint density at radius 1 is 1.09 bits per heavy atom. The normalized spacial score (nSPS) is 18.5. The van der Waals surface area contributed by atoms with Gasteiger partial charge in [0.15, 0.2) is 0 Å². The minimum absolute atomic E-state index is 0.0426. The van der Waals surface area contributed by atoms with Crippen molar-refractivity contribution >= 4 is 22.8 Å². The van der Waals surface area contributed by atoms with E-state index in [1.807, 2.05) is 54.4 Å². The summed E-state index contributed by atoms with van der Waals surface area (Å²) in [6.07, 6.45) is 3.14. The van der Waals surface area contributed by atoms with Crippen LogP contribution in [0.1, 0.15) is 43.6 Å². The number of anilines is 1. The maximum atomic E-state index is 12.9. The highest BCUT2D eigenvalue weighted by Gasteiger charge is 2.49. The van der Waals surface area contributed by atoms with Crippen molar-refractivity contribution in [2.75, 3.05) is 24.6 Å². The molecule has 0 aliphatic carbocycles. The Kier molecular flexibility index (Phi) is 5.29. The third kappa shape index (κ3) is 4.05. The van der Waals surface area contributed by atoms with Crippen LogP contribution in [0.25, 0.3) is 11.0 Å². The van der Waals surface area contributed by atoms with Crippen LogP contribution in [0.5, 0.6) is 0 Å². The summed E-state index contributed by atoms with van der Waals surface area (Å²) in [4.78, 5) is 30.9. The van der Waals surface area contributed by atoms with Gasteiger partial charge in [-0.2, -0.15) is 0 Å². The number of aryl methyl sites for hydroxylation is 1. The zero-order valence-electron chi connectivity index (χ0n) is 19.3. The number of hydrogen-bond donors (Lipinski definition) is 1. The van der Waals surface area contributed by atoms with E-state index in [1.54, 1.807) is 13.8 Å². The molecular weight excluding hydrogens is 418 g/mol. The number of piperidine rings is 1. The summed E-state index contributed by atoms with van der Waals surface area (Å²) in [5.41, 5.74) is 2.32. The van der Waals surface area contributed by atoms with E-state index in [4.69, 9.17) is 9.72 Å². The minimum Gasteiger partial charge on any atom is -0.386 e. The summed E-state index contributed by atoms with van der Waals surface area (Å²) in [7, 11) is 0. The maximum Gasteiger partial charge on any atom is 0.251 e. The molecule has 0 saturated carbocycles. The largest absolute Gasteiger partial charge is 0.386 e. The number of fused-ring (bicyclic) bond motifs is 1. The summed E-state index contributed by atoms with van der Waals surface area (Å²) in [6.45, 7) is 7.19. The van der Waals surface area contributed by atoms with Gasteiger partial charge in [-0.3, -0.25) is 14.8 Å². The molecule has 0 atom stereocenters. The highest BCUT2D eigenvalue weighted by Crippen LogP contribution is 2.38. The lowest BCUT2D eigenvalue weighted by molar-refractivity contribution is -0.138. The lowest BCUT2D eigenvalue weighted by Crippen LogP contribution is -2.54. The molecule has 2 fully saturated rings. The summed E-state index contributed by atoms with van der Waals surface area (Å²) in [6, 6.07) is 11.6. The van der Waals surface area contributed by atoms with Crippen molar-refractivity contribution in [3.05, 3.63) is 59.5 Å². The first-order valence-corrected chi connectivity index (χ1v) is 11.4. The number of rotatable bonds is 4. The van der Waals surface area contributed by atoms with E-state index in [1.165, 1.54) is 0 Å². The standard InChI is InChI=1S/C25H29N5O3/c1-17-8-9-18(24(2,3)32)21(27-17)15-30-23(31)16-33-25(30)10-12-29(13-11-25)22-14-26-19-6-4-5-7-20(19)28-22/h4-9,14,32H,10-13,15-16H2,1-3H3. The van der Waals surface area contributed by atoms with E-state index in [0.717, 1.165) is 28.1 Å². The second-order valence-electron chi connectivity index (χ2n) is 9.42. The van der Waals surface area contributed by atoms with Crippen molar-refractivity contribution in [2.24, 2.45) is 0 Å². The van der Waals surface area contributed by atoms with E-state index in [-0.39, 0.29) is 12.5 Å². The van der Waals surface area contributed by atoms with Crippen molar-refractivity contribution in [1.82, 2.24) is 19.9 Å². The van der Waals surface area contributed by atoms with Crippen LogP contribution in [0.2, 0.25) is 0 Å². The van der Waals surface area contributed by atoms with Crippen molar-refractivity contribution in [1.29, 1.82) is 0 Å². The Labute approximate surface area is 193 Å². The fourth-order valence-corrected chi connectivity index (χ4v) is 4.85. The number of nitrogens with zero attached hydrogens (tertiary/aromatic N) is 5. The first-order valence-electron chi connectivity index (χ1n) is 11.4. The molecule has 2 aliphatic heterocycles. The number of carbonyl (C=O) groups is 1. The van der Waals surface area contributed by atoms with Gasteiger partial charge in [0.2, 0.25) is 0 Å². The second-order valence-corrected chi connectivity index (χ2v) is 9.42. The SMILES string of the molecule is Cc1ccc(C(C)(C)O)c(CN2C(=O)COC23CCN(c2cnc4ccccc4n2)CC3)n1. The first-order chi connectivity index (χ1) is 15.7. The van der Waals surface area contributed by atoms with Gasteiger partial charge in [0.05, 0.1) is 35.1 Å². The van der Waals surface area contributed by atoms with E-state index in [2.05, 4.69) is 14.9 Å². The van der Waals surface area contributed by atoms with Gasteiger partial charge >= 0.3 is 0 Å². The highest BCUT2D eigenvalue weighted by molar-refractivity contribution is 5.80. The smallest absolute Gasteiger partial charge is 0.251 e.